The van der Waals surface area contributed by atoms with Crippen molar-refractivity contribution < 1.29 is 28.5 Å². The van der Waals surface area contributed by atoms with E-state index in [-0.39, 0.29) is 18.8 Å². The molecule has 0 saturated heterocycles. The van der Waals surface area contributed by atoms with Crippen LogP contribution in [0.15, 0.2) is 63.5 Å². The number of esters is 2. The number of benzene rings is 2. The maximum absolute atomic E-state index is 13.9. The average molecular weight is 663 g/mol. The van der Waals surface area contributed by atoms with Crippen LogP contribution in [0.4, 0.5) is 0 Å². The van der Waals surface area contributed by atoms with Crippen LogP contribution in [-0.2, 0) is 19.1 Å². The number of methoxy groups -OCH3 is 2. The predicted octanol–water partition coefficient (Wildman–Crippen LogP) is 3.35. The van der Waals surface area contributed by atoms with E-state index in [0.29, 0.717) is 44.1 Å². The zero-order chi connectivity index (χ0) is 28.1. The number of carbonyl (C=O) groups excluding carboxylic acids is 2. The summed E-state index contributed by atoms with van der Waals surface area (Å²) < 4.78 is 24.1. The average Bonchev–Trinajstić information content (AvgIpc) is 3.25. The molecule has 0 N–H and O–H groups in total. The number of allylic oxidation sites excluding steroid dienone is 1. The molecule has 1 aliphatic heterocycles. The van der Waals surface area contributed by atoms with E-state index < -0.39 is 18.0 Å². The molecule has 0 saturated carbocycles. The fourth-order valence-electron chi connectivity index (χ4n) is 4.29. The summed E-state index contributed by atoms with van der Waals surface area (Å²) in [5.74, 6) is -0.334. The van der Waals surface area contributed by atoms with Gasteiger partial charge in [-0.05, 0) is 59.7 Å². The van der Waals surface area contributed by atoms with Gasteiger partial charge in [-0.15, -0.1) is 0 Å². The quantitative estimate of drug-likeness (QED) is 0.256. The van der Waals surface area contributed by atoms with Crippen molar-refractivity contribution in [2.24, 2.45) is 4.99 Å². The number of fused-ring (bicyclic) bond motifs is 1. The summed E-state index contributed by atoms with van der Waals surface area (Å²) in [5, 5.41) is 0. The molecular weight excluding hydrogens is 635 g/mol. The molecule has 2 aromatic carbocycles. The SMILES string of the molecule is CCOC(=O)COc1c(/C=c2/sc3n(c2=O)[C@@H](c2ccccc2)C(C(=O)OC)=C(CC)N=3)cc(I)cc1OC. The highest BCUT2D eigenvalue weighted by Gasteiger charge is 2.33. The van der Waals surface area contributed by atoms with Gasteiger partial charge in [0.2, 0.25) is 0 Å². The summed E-state index contributed by atoms with van der Waals surface area (Å²) in [6.07, 6.45) is 2.17. The van der Waals surface area contributed by atoms with E-state index >= 15 is 0 Å². The highest BCUT2D eigenvalue weighted by molar-refractivity contribution is 14.1. The third kappa shape index (κ3) is 5.93. The molecule has 9 nitrogen and oxygen atoms in total. The summed E-state index contributed by atoms with van der Waals surface area (Å²) in [6, 6.07) is 12.2. The number of rotatable bonds is 9. The molecule has 2 heterocycles. The van der Waals surface area contributed by atoms with Crippen LogP contribution >= 0.6 is 33.9 Å². The summed E-state index contributed by atoms with van der Waals surface area (Å²) in [4.78, 5) is 44.0. The van der Waals surface area contributed by atoms with Gasteiger partial charge in [-0.25, -0.2) is 14.6 Å². The van der Waals surface area contributed by atoms with Crippen LogP contribution in [0, 0.1) is 3.57 Å². The Morgan fingerprint density at radius 1 is 1.15 bits per heavy atom. The fourth-order valence-corrected chi connectivity index (χ4v) is 5.92. The summed E-state index contributed by atoms with van der Waals surface area (Å²) >= 11 is 3.35. The number of ether oxygens (including phenoxy) is 4. The zero-order valence-corrected chi connectivity index (χ0v) is 24.8. The van der Waals surface area contributed by atoms with Gasteiger partial charge in [-0.3, -0.25) is 9.36 Å². The second-order valence-corrected chi connectivity index (χ2v) is 10.6. The van der Waals surface area contributed by atoms with Crippen LogP contribution in [0.5, 0.6) is 11.5 Å². The van der Waals surface area contributed by atoms with Gasteiger partial charge in [0.05, 0.1) is 42.7 Å². The first-order valence-corrected chi connectivity index (χ1v) is 14.1. The van der Waals surface area contributed by atoms with Crippen molar-refractivity contribution in [1.82, 2.24) is 4.57 Å². The van der Waals surface area contributed by atoms with Gasteiger partial charge in [0, 0.05) is 9.13 Å². The van der Waals surface area contributed by atoms with E-state index in [4.69, 9.17) is 18.9 Å². The standard InChI is InChI=1S/C28H27IN2O7S/c1-5-19-23(27(34)36-4)24(16-10-8-7-9-11-16)31-26(33)21(39-28(31)30-19)13-17-12-18(29)14-20(35-3)25(17)38-15-22(32)37-6-2/h7-14,24H,5-6,15H2,1-4H3/b21-13+/t24-/m0/s1. The number of carbonyl (C=O) groups is 2. The van der Waals surface area contributed by atoms with E-state index in [9.17, 15) is 14.4 Å². The molecule has 0 radical (unpaired) electrons. The van der Waals surface area contributed by atoms with Crippen LogP contribution in [0.25, 0.3) is 6.08 Å². The van der Waals surface area contributed by atoms with Gasteiger partial charge >= 0.3 is 11.9 Å². The third-order valence-electron chi connectivity index (χ3n) is 5.96. The first kappa shape index (κ1) is 28.6. The zero-order valence-electron chi connectivity index (χ0n) is 21.9. The number of aromatic nitrogens is 1. The lowest BCUT2D eigenvalue weighted by Crippen LogP contribution is -2.40. The van der Waals surface area contributed by atoms with E-state index in [1.165, 1.54) is 30.1 Å². The lowest BCUT2D eigenvalue weighted by molar-refractivity contribution is -0.145. The van der Waals surface area contributed by atoms with E-state index in [1.54, 1.807) is 19.1 Å². The van der Waals surface area contributed by atoms with Gasteiger partial charge in [0.15, 0.2) is 22.9 Å². The summed E-state index contributed by atoms with van der Waals surface area (Å²) in [5.41, 5.74) is 1.89. The molecule has 1 aromatic heterocycles. The van der Waals surface area contributed by atoms with Crippen molar-refractivity contribution in [3.05, 3.63) is 88.1 Å². The summed E-state index contributed by atoms with van der Waals surface area (Å²) in [7, 11) is 2.82. The third-order valence-corrected chi connectivity index (χ3v) is 7.57. The van der Waals surface area contributed by atoms with Crippen LogP contribution in [0.2, 0.25) is 0 Å². The van der Waals surface area contributed by atoms with Crippen molar-refractivity contribution >= 4 is 51.9 Å². The summed E-state index contributed by atoms with van der Waals surface area (Å²) in [6.45, 7) is 3.54. The first-order valence-electron chi connectivity index (χ1n) is 12.2. The lowest BCUT2D eigenvalue weighted by Gasteiger charge is -2.25. The highest BCUT2D eigenvalue weighted by atomic mass is 127. The van der Waals surface area contributed by atoms with Crippen molar-refractivity contribution in [1.29, 1.82) is 0 Å². The second-order valence-electron chi connectivity index (χ2n) is 8.32. The van der Waals surface area contributed by atoms with Gasteiger partial charge < -0.3 is 18.9 Å². The van der Waals surface area contributed by atoms with Crippen LogP contribution in [0.3, 0.4) is 0 Å². The molecule has 0 unspecified atom stereocenters. The maximum atomic E-state index is 13.9. The molecule has 0 amide bonds. The first-order chi connectivity index (χ1) is 18.8. The number of thiazole rings is 1. The molecule has 0 spiro atoms. The molecule has 1 atom stereocenters. The van der Waals surface area contributed by atoms with Gasteiger partial charge in [0.25, 0.3) is 5.56 Å². The topological polar surface area (TPSA) is 105 Å². The molecule has 204 valence electrons. The molecule has 39 heavy (non-hydrogen) atoms. The Kier molecular flexibility index (Phi) is 9.23. The Bertz CT molecular complexity index is 1610. The van der Waals surface area contributed by atoms with E-state index in [1.807, 2.05) is 43.3 Å². The minimum atomic E-state index is -0.697. The predicted molar refractivity (Wildman–Crippen MR) is 155 cm³/mol. The Balaban J connectivity index is 1.93. The van der Waals surface area contributed by atoms with E-state index in [2.05, 4.69) is 27.6 Å². The molecule has 4 rings (SSSR count). The number of nitrogens with zero attached hydrogens (tertiary/aromatic N) is 2. The molecule has 0 fully saturated rings. The second kappa shape index (κ2) is 12.6. The molecule has 3 aromatic rings. The van der Waals surface area contributed by atoms with Gasteiger partial charge in [-0.1, -0.05) is 48.6 Å². The normalized spacial score (nSPS) is 14.9. The minimum absolute atomic E-state index is 0.232. The van der Waals surface area contributed by atoms with E-state index in [0.717, 1.165) is 9.13 Å². The van der Waals surface area contributed by atoms with Crippen LogP contribution < -0.4 is 24.4 Å². The number of halogens is 1. The van der Waals surface area contributed by atoms with Crippen molar-refractivity contribution in [3.8, 4) is 11.5 Å². The van der Waals surface area contributed by atoms with Gasteiger partial charge in [-0.2, -0.15) is 0 Å². The Morgan fingerprint density at radius 2 is 1.90 bits per heavy atom. The number of hydrogen-bond acceptors (Lipinski definition) is 9. The van der Waals surface area contributed by atoms with Crippen LogP contribution in [0.1, 0.15) is 37.4 Å². The molecule has 0 aliphatic carbocycles. The number of hydrogen-bond donors (Lipinski definition) is 0. The molecular formula is C28H27IN2O7S. The Morgan fingerprint density at radius 3 is 2.54 bits per heavy atom. The highest BCUT2D eigenvalue weighted by Crippen LogP contribution is 2.35. The maximum Gasteiger partial charge on any atom is 0.344 e. The van der Waals surface area contributed by atoms with Crippen molar-refractivity contribution in [2.45, 2.75) is 26.3 Å². The van der Waals surface area contributed by atoms with Crippen LogP contribution in [-0.4, -0.2) is 43.9 Å². The monoisotopic (exact) mass is 662 g/mol. The molecule has 0 bridgehead atoms. The fraction of sp³-hybridized carbons (Fsp3) is 0.286. The smallest absolute Gasteiger partial charge is 0.344 e. The Hall–Kier alpha value is -3.45. The lowest BCUT2D eigenvalue weighted by atomic mass is 9.95. The Labute approximate surface area is 242 Å². The molecule has 11 heteroatoms. The molecule has 1 aliphatic rings. The van der Waals surface area contributed by atoms with Crippen molar-refractivity contribution in [3.63, 3.8) is 0 Å². The van der Waals surface area contributed by atoms with Crippen molar-refractivity contribution in [2.75, 3.05) is 27.4 Å². The largest absolute Gasteiger partial charge is 0.493 e. The van der Waals surface area contributed by atoms with Gasteiger partial charge in [0.1, 0.15) is 0 Å². The minimum Gasteiger partial charge on any atom is -0.493 e.